The second-order valence-electron chi connectivity index (χ2n) is 7.16. The summed E-state index contributed by atoms with van der Waals surface area (Å²) in [5.74, 6) is 0.698. The molecular formula is C22H25N3O2S. The first-order chi connectivity index (χ1) is 13.3. The Kier molecular flexibility index (Phi) is 6.19. The van der Waals surface area contributed by atoms with Crippen molar-refractivity contribution in [2.75, 3.05) is 5.32 Å². The van der Waals surface area contributed by atoms with Gasteiger partial charge in [0.1, 0.15) is 0 Å². The lowest BCUT2D eigenvalue weighted by Gasteiger charge is -2.15. The summed E-state index contributed by atoms with van der Waals surface area (Å²) in [5, 5.41) is 11.2. The van der Waals surface area contributed by atoms with Crippen LogP contribution in [0.25, 0.3) is 11.5 Å². The van der Waals surface area contributed by atoms with Crippen LogP contribution in [0.4, 0.5) is 5.69 Å². The van der Waals surface area contributed by atoms with E-state index in [1.165, 1.54) is 22.9 Å². The lowest BCUT2D eigenvalue weighted by molar-refractivity contribution is -0.115. The van der Waals surface area contributed by atoms with E-state index in [0.29, 0.717) is 17.0 Å². The maximum absolute atomic E-state index is 12.6. The summed E-state index contributed by atoms with van der Waals surface area (Å²) in [7, 11) is 0. The van der Waals surface area contributed by atoms with Gasteiger partial charge in [0.2, 0.25) is 11.8 Å². The SMILES string of the molecule is Cc1ccc(-c2nnc(SC(C)C(=O)Nc3ccccc3C(C)C)o2)cc1C. The Hall–Kier alpha value is -2.60. The van der Waals surface area contributed by atoms with Crippen molar-refractivity contribution >= 4 is 23.4 Å². The smallest absolute Gasteiger partial charge is 0.277 e. The van der Waals surface area contributed by atoms with Crippen LogP contribution in [0.3, 0.4) is 0 Å². The number of carbonyl (C=O) groups excluding carboxylic acids is 1. The Labute approximate surface area is 170 Å². The van der Waals surface area contributed by atoms with Gasteiger partial charge in [-0.2, -0.15) is 0 Å². The predicted octanol–water partition coefficient (Wildman–Crippen LogP) is 5.60. The second kappa shape index (κ2) is 8.61. The summed E-state index contributed by atoms with van der Waals surface area (Å²) < 4.78 is 5.76. The van der Waals surface area contributed by atoms with Gasteiger partial charge in [0.15, 0.2) is 0 Å². The topological polar surface area (TPSA) is 68.0 Å². The molecule has 0 fully saturated rings. The molecule has 1 amide bonds. The summed E-state index contributed by atoms with van der Waals surface area (Å²) >= 11 is 1.26. The van der Waals surface area contributed by atoms with Gasteiger partial charge in [-0.25, -0.2) is 0 Å². The van der Waals surface area contributed by atoms with Crippen molar-refractivity contribution < 1.29 is 9.21 Å². The van der Waals surface area contributed by atoms with E-state index in [-0.39, 0.29) is 11.2 Å². The average molecular weight is 396 g/mol. The number of nitrogens with one attached hydrogen (secondary N) is 1. The van der Waals surface area contributed by atoms with Crippen LogP contribution in [0, 0.1) is 13.8 Å². The molecule has 0 spiro atoms. The van der Waals surface area contributed by atoms with Gasteiger partial charge in [-0.1, -0.05) is 49.9 Å². The number of thioether (sulfide) groups is 1. The van der Waals surface area contributed by atoms with Crippen LogP contribution in [-0.2, 0) is 4.79 Å². The second-order valence-corrected chi connectivity index (χ2v) is 8.46. The molecule has 0 aliphatic rings. The number of aromatic nitrogens is 2. The fraction of sp³-hybridized carbons (Fsp3) is 0.318. The third-order valence-electron chi connectivity index (χ3n) is 4.65. The number of benzene rings is 2. The number of hydrogen-bond acceptors (Lipinski definition) is 5. The fourth-order valence-electron chi connectivity index (χ4n) is 2.80. The van der Waals surface area contributed by atoms with E-state index in [4.69, 9.17) is 4.42 Å². The lowest BCUT2D eigenvalue weighted by Crippen LogP contribution is -2.23. The molecule has 28 heavy (non-hydrogen) atoms. The predicted molar refractivity (Wildman–Crippen MR) is 114 cm³/mol. The Morgan fingerprint density at radius 2 is 1.79 bits per heavy atom. The molecule has 3 rings (SSSR count). The number of nitrogens with zero attached hydrogens (tertiary/aromatic N) is 2. The number of rotatable bonds is 6. The number of para-hydroxylation sites is 1. The zero-order valence-corrected chi connectivity index (χ0v) is 17.6. The molecule has 0 aliphatic carbocycles. The van der Waals surface area contributed by atoms with Gasteiger partial charge in [-0.15, -0.1) is 10.2 Å². The highest BCUT2D eigenvalue weighted by atomic mass is 32.2. The van der Waals surface area contributed by atoms with E-state index >= 15 is 0 Å². The summed E-state index contributed by atoms with van der Waals surface area (Å²) in [6, 6.07) is 13.9. The largest absolute Gasteiger partial charge is 0.411 e. The van der Waals surface area contributed by atoms with E-state index in [1.54, 1.807) is 0 Å². The summed E-state index contributed by atoms with van der Waals surface area (Å²) in [6.07, 6.45) is 0. The van der Waals surface area contributed by atoms with Crippen molar-refractivity contribution in [2.45, 2.75) is 51.0 Å². The van der Waals surface area contributed by atoms with Crippen LogP contribution in [-0.4, -0.2) is 21.4 Å². The number of aryl methyl sites for hydroxylation is 2. The number of amides is 1. The monoisotopic (exact) mass is 395 g/mol. The molecule has 0 saturated heterocycles. The Morgan fingerprint density at radius 1 is 1.04 bits per heavy atom. The Bertz CT molecular complexity index is 981. The van der Waals surface area contributed by atoms with Crippen molar-refractivity contribution in [2.24, 2.45) is 0 Å². The van der Waals surface area contributed by atoms with Crippen LogP contribution in [0.15, 0.2) is 52.1 Å². The van der Waals surface area contributed by atoms with Gasteiger partial charge in [0, 0.05) is 11.3 Å². The molecule has 1 aromatic heterocycles. The first kappa shape index (κ1) is 20.1. The van der Waals surface area contributed by atoms with Crippen LogP contribution < -0.4 is 5.32 Å². The zero-order chi connectivity index (χ0) is 20.3. The fourth-order valence-corrected chi connectivity index (χ4v) is 3.49. The van der Waals surface area contributed by atoms with Gasteiger partial charge in [0.05, 0.1) is 5.25 Å². The van der Waals surface area contributed by atoms with E-state index in [9.17, 15) is 4.79 Å². The third-order valence-corrected chi connectivity index (χ3v) is 5.58. The summed E-state index contributed by atoms with van der Waals surface area (Å²) in [4.78, 5) is 12.6. The molecule has 0 radical (unpaired) electrons. The van der Waals surface area contributed by atoms with Gasteiger partial charge in [-0.3, -0.25) is 4.79 Å². The summed E-state index contributed by atoms with van der Waals surface area (Å²) in [5.41, 5.74) is 5.22. The Balaban J connectivity index is 1.68. The molecule has 1 unspecified atom stereocenters. The van der Waals surface area contributed by atoms with Crippen LogP contribution in [0.5, 0.6) is 0 Å². The minimum Gasteiger partial charge on any atom is -0.411 e. The van der Waals surface area contributed by atoms with Crippen molar-refractivity contribution in [3.8, 4) is 11.5 Å². The number of anilines is 1. The number of hydrogen-bond donors (Lipinski definition) is 1. The highest BCUT2D eigenvalue weighted by Crippen LogP contribution is 2.29. The molecule has 0 saturated carbocycles. The maximum atomic E-state index is 12.6. The van der Waals surface area contributed by atoms with Crippen LogP contribution >= 0.6 is 11.8 Å². The van der Waals surface area contributed by atoms with Crippen molar-refractivity contribution in [3.63, 3.8) is 0 Å². The average Bonchev–Trinajstić information content (AvgIpc) is 3.12. The highest BCUT2D eigenvalue weighted by molar-refractivity contribution is 8.00. The standard InChI is InChI=1S/C22H25N3O2S/c1-13(2)18-8-6-7-9-19(18)23-20(26)16(5)28-22-25-24-21(27-22)17-11-10-14(3)15(4)12-17/h6-13,16H,1-5H3,(H,23,26). The molecule has 1 N–H and O–H groups in total. The van der Waals surface area contributed by atoms with Crippen molar-refractivity contribution in [3.05, 3.63) is 59.2 Å². The van der Waals surface area contributed by atoms with E-state index < -0.39 is 0 Å². The molecule has 0 aliphatic heterocycles. The zero-order valence-electron chi connectivity index (χ0n) is 16.8. The van der Waals surface area contributed by atoms with E-state index in [2.05, 4.69) is 36.3 Å². The quantitative estimate of drug-likeness (QED) is 0.551. The minimum absolute atomic E-state index is 0.0935. The summed E-state index contributed by atoms with van der Waals surface area (Å²) in [6.45, 7) is 10.2. The molecule has 146 valence electrons. The normalized spacial score (nSPS) is 12.2. The number of carbonyl (C=O) groups is 1. The molecule has 1 atom stereocenters. The first-order valence-electron chi connectivity index (χ1n) is 9.32. The lowest BCUT2D eigenvalue weighted by atomic mass is 10.0. The molecule has 0 bridgehead atoms. The van der Waals surface area contributed by atoms with E-state index in [1.807, 2.05) is 56.3 Å². The van der Waals surface area contributed by atoms with Gasteiger partial charge in [-0.05, 0) is 61.6 Å². The Morgan fingerprint density at radius 3 is 2.50 bits per heavy atom. The molecular weight excluding hydrogens is 370 g/mol. The van der Waals surface area contributed by atoms with Gasteiger partial charge < -0.3 is 9.73 Å². The maximum Gasteiger partial charge on any atom is 0.277 e. The van der Waals surface area contributed by atoms with Gasteiger partial charge in [0.25, 0.3) is 5.22 Å². The van der Waals surface area contributed by atoms with Crippen LogP contribution in [0.2, 0.25) is 0 Å². The van der Waals surface area contributed by atoms with Crippen molar-refractivity contribution in [1.29, 1.82) is 0 Å². The van der Waals surface area contributed by atoms with Crippen molar-refractivity contribution in [1.82, 2.24) is 10.2 Å². The highest BCUT2D eigenvalue weighted by Gasteiger charge is 2.20. The van der Waals surface area contributed by atoms with Crippen LogP contribution in [0.1, 0.15) is 43.4 Å². The molecule has 2 aromatic carbocycles. The first-order valence-corrected chi connectivity index (χ1v) is 10.2. The van der Waals surface area contributed by atoms with E-state index in [0.717, 1.165) is 16.8 Å². The third kappa shape index (κ3) is 4.62. The molecule has 1 heterocycles. The molecule has 3 aromatic rings. The molecule has 5 nitrogen and oxygen atoms in total. The minimum atomic E-state index is -0.367. The molecule has 6 heteroatoms. The van der Waals surface area contributed by atoms with Gasteiger partial charge >= 0.3 is 0 Å².